The maximum Gasteiger partial charge on any atom is 0.472 e. The molecule has 4 N–H and O–H groups in total. The highest BCUT2D eigenvalue weighted by atomic mass is 31.2. The van der Waals surface area contributed by atoms with Crippen LogP contribution in [0.25, 0.3) is 0 Å². The molecule has 0 bridgehead atoms. The average Bonchev–Trinajstić information content (AvgIpc) is 3.16. The third-order valence-corrected chi connectivity index (χ3v) is 9.80. The van der Waals surface area contributed by atoms with E-state index in [-0.39, 0.29) is 13.0 Å². The SMILES string of the molecule is CC/C=C\C/C=C\C/C=C\C/C=C\C/C=C\CC(=O)OC(COCCCCCCCCCCCCCCCCCCCC)COP(=O)(O)OCC(N)C(=O)O. The lowest BCUT2D eigenvalue weighted by Crippen LogP contribution is -2.34. The molecule has 0 saturated carbocycles. The molecule has 0 aliphatic rings. The molecule has 0 aromatic carbocycles. The van der Waals surface area contributed by atoms with Crippen LogP contribution in [0.3, 0.4) is 0 Å². The van der Waals surface area contributed by atoms with Crippen LogP contribution in [0.4, 0.5) is 0 Å². The number of phosphoric acid groups is 1. The number of ether oxygens (including phenoxy) is 2. The first-order chi connectivity index (χ1) is 26.7. The van der Waals surface area contributed by atoms with Crippen LogP contribution < -0.4 is 5.73 Å². The van der Waals surface area contributed by atoms with Gasteiger partial charge in [-0.15, -0.1) is 0 Å². The summed E-state index contributed by atoms with van der Waals surface area (Å²) in [5.41, 5.74) is 5.34. The molecule has 0 rings (SSSR count). The highest BCUT2D eigenvalue weighted by molar-refractivity contribution is 7.47. The Morgan fingerprint density at radius 3 is 1.42 bits per heavy atom. The van der Waals surface area contributed by atoms with Crippen LogP contribution >= 0.6 is 7.82 Å². The van der Waals surface area contributed by atoms with E-state index in [2.05, 4.69) is 56.4 Å². The van der Waals surface area contributed by atoms with Gasteiger partial charge in [0.2, 0.25) is 0 Å². The minimum Gasteiger partial charge on any atom is -0.480 e. The fourth-order valence-electron chi connectivity index (χ4n) is 5.56. The second kappa shape index (κ2) is 39.9. The number of carbonyl (C=O) groups is 2. The van der Waals surface area contributed by atoms with Gasteiger partial charge in [0.15, 0.2) is 0 Å². The van der Waals surface area contributed by atoms with Crippen LogP contribution in [0.15, 0.2) is 60.8 Å². The van der Waals surface area contributed by atoms with Crippen LogP contribution in [0, 0.1) is 0 Å². The topological polar surface area (TPSA) is 155 Å². The lowest BCUT2D eigenvalue weighted by atomic mass is 10.0. The number of carboxylic acids is 1. The standard InChI is InChI=1S/C44H78NO9P/c1-3-5-7-9-11-13-15-17-19-20-21-23-25-27-29-31-33-35-37-51-38-41(39-52-55(49,50)53-40-42(45)44(47)48)54-43(46)36-34-32-30-28-26-24-22-18-16-14-12-10-8-6-4-2/h6,8,12,14,18,22,26,28,32,34,41-42H,3-5,7,9-11,13,15-17,19-21,23-25,27,29-31,33,35-40,45H2,1-2H3,(H,47,48)(H,49,50)/b8-6-,14-12-,22-18-,28-26-,34-32-. The van der Waals surface area contributed by atoms with Gasteiger partial charge < -0.3 is 25.2 Å². The van der Waals surface area contributed by atoms with Gasteiger partial charge in [-0.2, -0.15) is 0 Å². The summed E-state index contributed by atoms with van der Waals surface area (Å²) in [6, 6.07) is -1.49. The van der Waals surface area contributed by atoms with Crippen molar-refractivity contribution in [2.45, 2.75) is 180 Å². The molecule has 0 radical (unpaired) electrons. The van der Waals surface area contributed by atoms with Crippen molar-refractivity contribution < 1.29 is 42.7 Å². The number of hydrogen-bond acceptors (Lipinski definition) is 8. The van der Waals surface area contributed by atoms with Gasteiger partial charge in [-0.05, 0) is 38.5 Å². The molecule has 0 aliphatic carbocycles. The van der Waals surface area contributed by atoms with Crippen molar-refractivity contribution in [3.8, 4) is 0 Å². The number of aliphatic carboxylic acids is 1. The van der Waals surface area contributed by atoms with Gasteiger partial charge in [0, 0.05) is 6.61 Å². The number of nitrogens with two attached hydrogens (primary N) is 1. The minimum atomic E-state index is -4.64. The number of phosphoric ester groups is 1. The van der Waals surface area contributed by atoms with Crippen LogP contribution in [-0.4, -0.2) is 60.5 Å². The molecule has 0 aromatic rings. The molecule has 10 nitrogen and oxygen atoms in total. The van der Waals surface area contributed by atoms with Gasteiger partial charge in [0.25, 0.3) is 0 Å². The fraction of sp³-hybridized carbons (Fsp3) is 0.727. The summed E-state index contributed by atoms with van der Waals surface area (Å²) in [6.07, 6.45) is 47.4. The number of hydrogen-bond donors (Lipinski definition) is 3. The van der Waals surface area contributed by atoms with E-state index < -0.39 is 45.1 Å². The summed E-state index contributed by atoms with van der Waals surface area (Å²) in [5.74, 6) is -1.91. The number of carbonyl (C=O) groups excluding carboxylic acids is 1. The fourth-order valence-corrected chi connectivity index (χ4v) is 6.34. The summed E-state index contributed by atoms with van der Waals surface area (Å²) in [6.45, 7) is 3.65. The molecule has 0 fully saturated rings. The molecule has 55 heavy (non-hydrogen) atoms. The molecule has 0 heterocycles. The van der Waals surface area contributed by atoms with E-state index in [9.17, 15) is 19.0 Å². The Balaban J connectivity index is 4.34. The summed E-state index contributed by atoms with van der Waals surface area (Å²) in [7, 11) is -4.64. The zero-order valence-corrected chi connectivity index (χ0v) is 35.4. The normalized spacial score (nSPS) is 14.5. The molecule has 318 valence electrons. The number of rotatable bonds is 40. The van der Waals surface area contributed by atoms with Gasteiger partial charge in [-0.1, -0.05) is 184 Å². The lowest BCUT2D eigenvalue weighted by molar-refractivity contribution is -0.153. The van der Waals surface area contributed by atoms with Crippen molar-refractivity contribution in [2.24, 2.45) is 5.73 Å². The number of allylic oxidation sites excluding steroid dienone is 9. The molecule has 3 unspecified atom stereocenters. The van der Waals surface area contributed by atoms with E-state index in [0.717, 1.165) is 44.9 Å². The van der Waals surface area contributed by atoms with E-state index in [1.165, 1.54) is 96.3 Å². The molecule has 0 saturated heterocycles. The third kappa shape index (κ3) is 39.7. The Morgan fingerprint density at radius 2 is 0.982 bits per heavy atom. The van der Waals surface area contributed by atoms with Gasteiger partial charge >= 0.3 is 19.8 Å². The van der Waals surface area contributed by atoms with Crippen LogP contribution in [0.5, 0.6) is 0 Å². The van der Waals surface area contributed by atoms with Crippen molar-refractivity contribution in [2.75, 3.05) is 26.4 Å². The monoisotopic (exact) mass is 796 g/mol. The van der Waals surface area contributed by atoms with E-state index in [1.807, 2.05) is 12.2 Å². The maximum atomic E-state index is 12.5. The maximum absolute atomic E-state index is 12.5. The second-order valence-corrected chi connectivity index (χ2v) is 15.6. The third-order valence-electron chi connectivity index (χ3n) is 8.84. The molecule has 3 atom stereocenters. The minimum absolute atomic E-state index is 0.0179. The molecular formula is C44H78NO9P. The molecule has 0 spiro atoms. The molecule has 0 aromatic heterocycles. The number of carboxylic acid groups (broad SMARTS) is 1. The van der Waals surface area contributed by atoms with Crippen molar-refractivity contribution in [1.82, 2.24) is 0 Å². The van der Waals surface area contributed by atoms with Gasteiger partial charge in [0.1, 0.15) is 12.1 Å². The molecule has 11 heteroatoms. The highest BCUT2D eigenvalue weighted by Crippen LogP contribution is 2.43. The van der Waals surface area contributed by atoms with Gasteiger partial charge in [-0.3, -0.25) is 18.6 Å². The van der Waals surface area contributed by atoms with E-state index in [0.29, 0.717) is 13.0 Å². The predicted molar refractivity (Wildman–Crippen MR) is 226 cm³/mol. The zero-order valence-electron chi connectivity index (χ0n) is 34.5. The summed E-state index contributed by atoms with van der Waals surface area (Å²) in [5, 5.41) is 8.88. The van der Waals surface area contributed by atoms with Crippen molar-refractivity contribution >= 4 is 19.8 Å². The van der Waals surface area contributed by atoms with Gasteiger partial charge in [-0.25, -0.2) is 4.57 Å². The predicted octanol–water partition coefficient (Wildman–Crippen LogP) is 11.6. The first kappa shape index (κ1) is 52.7. The largest absolute Gasteiger partial charge is 0.480 e. The summed E-state index contributed by atoms with van der Waals surface area (Å²) in [4.78, 5) is 33.4. The smallest absolute Gasteiger partial charge is 0.472 e. The lowest BCUT2D eigenvalue weighted by Gasteiger charge is -2.20. The number of esters is 1. The Morgan fingerprint density at radius 1 is 0.582 bits per heavy atom. The first-order valence-electron chi connectivity index (χ1n) is 21.3. The average molecular weight is 796 g/mol. The molecule has 0 amide bonds. The van der Waals surface area contributed by atoms with Gasteiger partial charge in [0.05, 0.1) is 26.2 Å². The van der Waals surface area contributed by atoms with Crippen LogP contribution in [-0.2, 0) is 32.7 Å². The summed E-state index contributed by atoms with van der Waals surface area (Å²) < 4.78 is 33.2. The van der Waals surface area contributed by atoms with E-state index in [1.54, 1.807) is 6.08 Å². The first-order valence-corrected chi connectivity index (χ1v) is 22.8. The zero-order chi connectivity index (χ0) is 40.5. The van der Waals surface area contributed by atoms with Crippen molar-refractivity contribution in [3.63, 3.8) is 0 Å². The Hall–Kier alpha value is -2.33. The van der Waals surface area contributed by atoms with Crippen LogP contribution in [0.2, 0.25) is 0 Å². The Kier molecular flexibility index (Phi) is 38.2. The van der Waals surface area contributed by atoms with Crippen LogP contribution in [0.1, 0.15) is 168 Å². The Labute approximate surface area is 334 Å². The van der Waals surface area contributed by atoms with E-state index >= 15 is 0 Å². The van der Waals surface area contributed by atoms with Crippen molar-refractivity contribution in [3.05, 3.63) is 60.8 Å². The Bertz CT molecular complexity index is 1100. The molecular weight excluding hydrogens is 717 g/mol. The second-order valence-electron chi connectivity index (χ2n) is 14.1. The van der Waals surface area contributed by atoms with Crippen molar-refractivity contribution in [1.29, 1.82) is 0 Å². The van der Waals surface area contributed by atoms with E-state index in [4.69, 9.17) is 29.4 Å². The highest BCUT2D eigenvalue weighted by Gasteiger charge is 2.27. The molecule has 0 aliphatic heterocycles. The quantitative estimate of drug-likeness (QED) is 0.0236. The summed E-state index contributed by atoms with van der Waals surface area (Å²) >= 11 is 0. The number of unbranched alkanes of at least 4 members (excludes halogenated alkanes) is 17.